The first-order valence-corrected chi connectivity index (χ1v) is 7.44. The van der Waals surface area contributed by atoms with Crippen LogP contribution in [0.4, 0.5) is 18.9 Å². The van der Waals surface area contributed by atoms with Crippen LogP contribution in [0.25, 0.3) is 0 Å². The molecule has 126 valence electrons. The highest BCUT2D eigenvalue weighted by Crippen LogP contribution is 2.34. The van der Waals surface area contributed by atoms with Crippen LogP contribution in [0, 0.1) is 0 Å². The molecule has 0 bridgehead atoms. The van der Waals surface area contributed by atoms with E-state index >= 15 is 0 Å². The van der Waals surface area contributed by atoms with E-state index in [1.165, 1.54) is 12.1 Å². The van der Waals surface area contributed by atoms with Crippen molar-refractivity contribution in [2.24, 2.45) is 0 Å². The lowest BCUT2D eigenvalue weighted by atomic mass is 10.1. The number of nitrogens with one attached hydrogen (secondary N) is 2. The van der Waals surface area contributed by atoms with Gasteiger partial charge in [0.15, 0.2) is 16.6 Å². The highest BCUT2D eigenvalue weighted by molar-refractivity contribution is 7.80. The Morgan fingerprint density at radius 2 is 1.83 bits per heavy atom. The summed E-state index contributed by atoms with van der Waals surface area (Å²) in [5, 5.41) is 5.89. The molecular weight excluding hydrogens is 341 g/mol. The number of hydrogen-bond donors (Lipinski definition) is 2. The van der Waals surface area contributed by atoms with Gasteiger partial charge in [0.2, 0.25) is 6.79 Å². The summed E-state index contributed by atoms with van der Waals surface area (Å²) >= 11 is 5.12. The maximum absolute atomic E-state index is 12.9. The molecule has 1 aliphatic heterocycles. The van der Waals surface area contributed by atoms with Crippen LogP contribution in [0.5, 0.6) is 11.5 Å². The second-order valence-corrected chi connectivity index (χ2v) is 5.44. The van der Waals surface area contributed by atoms with E-state index in [0.717, 1.165) is 6.07 Å². The molecule has 0 radical (unpaired) electrons. The highest BCUT2D eigenvalue weighted by Gasteiger charge is 2.32. The predicted molar refractivity (Wildman–Crippen MR) is 87.1 cm³/mol. The Labute approximate surface area is 141 Å². The third-order valence-electron chi connectivity index (χ3n) is 3.39. The Hall–Kier alpha value is -2.48. The standard InChI is InChI=1S/C16H13F3N2O2S/c17-16(18,19)12-4-2-1-3-10(12)8-20-15(24)21-11-5-6-13-14(7-11)23-9-22-13/h1-7H,8-9H2,(H2,20,21,24). The van der Waals surface area contributed by atoms with Gasteiger partial charge < -0.3 is 20.1 Å². The number of ether oxygens (including phenoxy) is 2. The molecule has 8 heteroatoms. The van der Waals surface area contributed by atoms with E-state index < -0.39 is 11.7 Å². The van der Waals surface area contributed by atoms with Gasteiger partial charge in [0.1, 0.15) is 0 Å². The second-order valence-electron chi connectivity index (χ2n) is 5.03. The van der Waals surface area contributed by atoms with Crippen LogP contribution < -0.4 is 20.1 Å². The lowest BCUT2D eigenvalue weighted by Gasteiger charge is -2.15. The fourth-order valence-electron chi connectivity index (χ4n) is 2.28. The van der Waals surface area contributed by atoms with Gasteiger partial charge in [-0.3, -0.25) is 0 Å². The summed E-state index contributed by atoms with van der Waals surface area (Å²) in [5.41, 5.74) is 0.101. The normalized spacial score (nSPS) is 12.8. The summed E-state index contributed by atoms with van der Waals surface area (Å²) in [7, 11) is 0. The van der Waals surface area contributed by atoms with Crippen LogP contribution in [0.15, 0.2) is 42.5 Å². The molecule has 0 unspecified atom stereocenters. The molecule has 0 aromatic heterocycles. The lowest BCUT2D eigenvalue weighted by Crippen LogP contribution is -2.28. The van der Waals surface area contributed by atoms with Crippen LogP contribution >= 0.6 is 12.2 Å². The first-order valence-electron chi connectivity index (χ1n) is 7.03. The molecule has 0 atom stereocenters. The van der Waals surface area contributed by atoms with Crippen molar-refractivity contribution in [3.63, 3.8) is 0 Å². The SMILES string of the molecule is FC(F)(F)c1ccccc1CNC(=S)Nc1ccc2c(c1)OCO2. The van der Waals surface area contributed by atoms with Gasteiger partial charge in [-0.2, -0.15) is 13.2 Å². The van der Waals surface area contributed by atoms with Crippen molar-refractivity contribution in [2.45, 2.75) is 12.7 Å². The quantitative estimate of drug-likeness (QED) is 0.818. The summed E-state index contributed by atoms with van der Waals surface area (Å²) in [5.74, 6) is 1.23. The zero-order valence-corrected chi connectivity index (χ0v) is 13.1. The van der Waals surface area contributed by atoms with E-state index in [1.807, 2.05) is 0 Å². The Balaban J connectivity index is 1.62. The summed E-state index contributed by atoms with van der Waals surface area (Å²) in [4.78, 5) is 0. The third kappa shape index (κ3) is 3.70. The molecule has 0 saturated heterocycles. The van der Waals surface area contributed by atoms with Crippen LogP contribution in [0.2, 0.25) is 0 Å². The Morgan fingerprint density at radius 1 is 1.08 bits per heavy atom. The van der Waals surface area contributed by atoms with Crippen molar-refractivity contribution >= 4 is 23.0 Å². The minimum atomic E-state index is -4.40. The van der Waals surface area contributed by atoms with Crippen molar-refractivity contribution in [1.82, 2.24) is 5.32 Å². The highest BCUT2D eigenvalue weighted by atomic mass is 32.1. The van der Waals surface area contributed by atoms with E-state index in [4.69, 9.17) is 21.7 Å². The molecule has 1 heterocycles. The molecule has 0 aliphatic carbocycles. The molecule has 2 aromatic carbocycles. The summed E-state index contributed by atoms with van der Waals surface area (Å²) in [6, 6.07) is 10.6. The van der Waals surface area contributed by atoms with Crippen molar-refractivity contribution < 1.29 is 22.6 Å². The van der Waals surface area contributed by atoms with Crippen LogP contribution in [-0.4, -0.2) is 11.9 Å². The zero-order valence-electron chi connectivity index (χ0n) is 12.3. The molecule has 0 amide bonds. The van der Waals surface area contributed by atoms with Gasteiger partial charge in [-0.05, 0) is 36.0 Å². The lowest BCUT2D eigenvalue weighted by molar-refractivity contribution is -0.138. The van der Waals surface area contributed by atoms with Gasteiger partial charge in [-0.15, -0.1) is 0 Å². The number of hydrogen-bond acceptors (Lipinski definition) is 3. The first kappa shape index (κ1) is 16.4. The van der Waals surface area contributed by atoms with E-state index in [9.17, 15) is 13.2 Å². The number of rotatable bonds is 3. The Bertz CT molecular complexity index is 765. The van der Waals surface area contributed by atoms with Gasteiger partial charge in [0, 0.05) is 18.3 Å². The molecule has 2 N–H and O–H groups in total. The van der Waals surface area contributed by atoms with Crippen LogP contribution in [0.3, 0.4) is 0 Å². The molecule has 0 spiro atoms. The van der Waals surface area contributed by atoms with Gasteiger partial charge in [0.25, 0.3) is 0 Å². The smallest absolute Gasteiger partial charge is 0.416 e. The van der Waals surface area contributed by atoms with Crippen molar-refractivity contribution in [2.75, 3.05) is 12.1 Å². The average Bonchev–Trinajstić information content (AvgIpc) is 3.00. The molecule has 24 heavy (non-hydrogen) atoms. The molecule has 3 rings (SSSR count). The molecule has 4 nitrogen and oxygen atoms in total. The first-order chi connectivity index (χ1) is 11.4. The maximum atomic E-state index is 12.9. The predicted octanol–water partition coefficient (Wildman–Crippen LogP) is 3.92. The van der Waals surface area contributed by atoms with Gasteiger partial charge >= 0.3 is 6.18 Å². The molecule has 2 aromatic rings. The number of thiocarbonyl (C=S) groups is 1. The van der Waals surface area contributed by atoms with Crippen molar-refractivity contribution in [1.29, 1.82) is 0 Å². The minimum absolute atomic E-state index is 0.0356. The molecule has 0 fully saturated rings. The Kier molecular flexibility index (Phi) is 4.48. The van der Waals surface area contributed by atoms with Crippen molar-refractivity contribution in [3.05, 3.63) is 53.6 Å². The average molecular weight is 354 g/mol. The summed E-state index contributed by atoms with van der Waals surface area (Å²) < 4.78 is 49.3. The zero-order chi connectivity index (χ0) is 17.2. The van der Waals surface area contributed by atoms with E-state index in [0.29, 0.717) is 17.2 Å². The van der Waals surface area contributed by atoms with Gasteiger partial charge in [0.05, 0.1) is 5.56 Å². The Morgan fingerprint density at radius 3 is 2.62 bits per heavy atom. The minimum Gasteiger partial charge on any atom is -0.454 e. The molecule has 1 aliphatic rings. The number of alkyl halides is 3. The van der Waals surface area contributed by atoms with Crippen LogP contribution in [0.1, 0.15) is 11.1 Å². The number of benzene rings is 2. The van der Waals surface area contributed by atoms with Gasteiger partial charge in [-0.1, -0.05) is 18.2 Å². The van der Waals surface area contributed by atoms with E-state index in [-0.39, 0.29) is 24.0 Å². The van der Waals surface area contributed by atoms with Crippen molar-refractivity contribution in [3.8, 4) is 11.5 Å². The summed E-state index contributed by atoms with van der Waals surface area (Å²) in [6.07, 6.45) is -4.40. The summed E-state index contributed by atoms with van der Waals surface area (Å²) in [6.45, 7) is 0.127. The van der Waals surface area contributed by atoms with Crippen LogP contribution in [-0.2, 0) is 12.7 Å². The topological polar surface area (TPSA) is 42.5 Å². The maximum Gasteiger partial charge on any atom is 0.416 e. The fourth-order valence-corrected chi connectivity index (χ4v) is 2.47. The number of halogens is 3. The second kappa shape index (κ2) is 6.56. The molecular formula is C16H13F3N2O2S. The largest absolute Gasteiger partial charge is 0.454 e. The third-order valence-corrected chi connectivity index (χ3v) is 3.64. The fraction of sp³-hybridized carbons (Fsp3) is 0.188. The number of fused-ring (bicyclic) bond motifs is 1. The van der Waals surface area contributed by atoms with E-state index in [1.54, 1.807) is 24.3 Å². The number of anilines is 1. The molecule has 0 saturated carbocycles. The van der Waals surface area contributed by atoms with Gasteiger partial charge in [-0.25, -0.2) is 0 Å². The monoisotopic (exact) mass is 354 g/mol. The van der Waals surface area contributed by atoms with E-state index in [2.05, 4.69) is 10.6 Å².